The second-order valence-electron chi connectivity index (χ2n) is 5.34. The lowest BCUT2D eigenvalue weighted by atomic mass is 10.4. The number of hydrogen-bond donors (Lipinski definition) is 0. The van der Waals surface area contributed by atoms with E-state index in [1.807, 2.05) is 0 Å². The standard InChI is InChI=1S/C19H20P2/c1-20(2)18-14-9-15-19(18)21(16-10-5-3-6-11-16)17-12-7-4-8-13-17/h3-14H,15H2,1-2H3. The molecule has 0 nitrogen and oxygen atoms in total. The number of rotatable bonds is 4. The van der Waals surface area contributed by atoms with E-state index in [1.165, 1.54) is 10.6 Å². The van der Waals surface area contributed by atoms with Gasteiger partial charge in [0.15, 0.2) is 0 Å². The summed E-state index contributed by atoms with van der Waals surface area (Å²) < 4.78 is 0. The first-order valence-electron chi connectivity index (χ1n) is 7.24. The lowest BCUT2D eigenvalue weighted by Crippen LogP contribution is -2.12. The molecule has 2 heteroatoms. The lowest BCUT2D eigenvalue weighted by Gasteiger charge is -2.23. The maximum atomic E-state index is 2.36. The van der Waals surface area contributed by atoms with E-state index in [9.17, 15) is 0 Å². The first-order chi connectivity index (χ1) is 10.3. The van der Waals surface area contributed by atoms with Crippen LogP contribution in [0.15, 0.2) is 83.4 Å². The third kappa shape index (κ3) is 3.18. The highest BCUT2D eigenvalue weighted by molar-refractivity contribution is 7.77. The fraction of sp³-hybridized carbons (Fsp3) is 0.158. The van der Waals surface area contributed by atoms with Gasteiger partial charge >= 0.3 is 0 Å². The molecule has 0 aliphatic heterocycles. The van der Waals surface area contributed by atoms with Crippen LogP contribution in [0.1, 0.15) is 6.42 Å². The molecule has 2 aromatic carbocycles. The molecule has 0 aromatic heterocycles. The quantitative estimate of drug-likeness (QED) is 0.695. The van der Waals surface area contributed by atoms with E-state index >= 15 is 0 Å². The van der Waals surface area contributed by atoms with E-state index in [2.05, 4.69) is 86.1 Å². The normalized spacial score (nSPS) is 14.5. The van der Waals surface area contributed by atoms with E-state index < -0.39 is 7.92 Å². The van der Waals surface area contributed by atoms with Crippen molar-refractivity contribution in [1.82, 2.24) is 0 Å². The Morgan fingerprint density at radius 2 is 1.29 bits per heavy atom. The zero-order valence-electron chi connectivity index (χ0n) is 12.5. The van der Waals surface area contributed by atoms with Gasteiger partial charge in [-0.1, -0.05) is 80.7 Å². The molecule has 0 amide bonds. The van der Waals surface area contributed by atoms with E-state index in [4.69, 9.17) is 0 Å². The molecule has 0 unspecified atom stereocenters. The molecule has 1 aliphatic rings. The molecule has 1 aliphatic carbocycles. The Balaban J connectivity index is 2.12. The largest absolute Gasteiger partial charge is 0.0813 e. The fourth-order valence-electron chi connectivity index (χ4n) is 2.71. The van der Waals surface area contributed by atoms with Crippen molar-refractivity contribution in [2.45, 2.75) is 6.42 Å². The number of hydrogen-bond acceptors (Lipinski definition) is 0. The predicted molar refractivity (Wildman–Crippen MR) is 98.6 cm³/mol. The third-order valence-electron chi connectivity index (χ3n) is 3.66. The summed E-state index contributed by atoms with van der Waals surface area (Å²) in [6.45, 7) is 4.73. The van der Waals surface area contributed by atoms with Gasteiger partial charge in [-0.15, -0.1) is 0 Å². The van der Waals surface area contributed by atoms with Crippen molar-refractivity contribution in [3.8, 4) is 0 Å². The average Bonchev–Trinajstić information content (AvgIpc) is 2.99. The van der Waals surface area contributed by atoms with Crippen molar-refractivity contribution in [1.29, 1.82) is 0 Å². The van der Waals surface area contributed by atoms with Gasteiger partial charge in [-0.05, 0) is 48.9 Å². The van der Waals surface area contributed by atoms with Crippen LogP contribution in [-0.2, 0) is 0 Å². The summed E-state index contributed by atoms with van der Waals surface area (Å²) in [6, 6.07) is 22.0. The summed E-state index contributed by atoms with van der Waals surface area (Å²) in [5, 5.41) is 6.18. The van der Waals surface area contributed by atoms with Gasteiger partial charge in [-0.3, -0.25) is 0 Å². The Hall–Kier alpha value is -1.22. The molecule has 0 heterocycles. The van der Waals surface area contributed by atoms with Gasteiger partial charge in [0.2, 0.25) is 0 Å². The molecule has 106 valence electrons. The van der Waals surface area contributed by atoms with Crippen LogP contribution in [-0.4, -0.2) is 13.3 Å². The topological polar surface area (TPSA) is 0 Å². The van der Waals surface area contributed by atoms with Crippen molar-refractivity contribution < 1.29 is 0 Å². The fourth-order valence-corrected chi connectivity index (χ4v) is 7.08. The SMILES string of the molecule is CP(C)C1=C(P(c2ccccc2)c2ccccc2)CC=C1. The molecule has 21 heavy (non-hydrogen) atoms. The van der Waals surface area contributed by atoms with Gasteiger partial charge in [0.25, 0.3) is 0 Å². The molecule has 0 radical (unpaired) electrons. The Morgan fingerprint density at radius 1 is 0.762 bits per heavy atom. The second kappa shape index (κ2) is 6.69. The van der Waals surface area contributed by atoms with Crippen molar-refractivity contribution >= 4 is 26.5 Å². The van der Waals surface area contributed by atoms with Gasteiger partial charge in [0, 0.05) is 0 Å². The maximum Gasteiger partial charge on any atom is -0.00770 e. The summed E-state index contributed by atoms with van der Waals surface area (Å²) in [4.78, 5) is 0. The number of allylic oxidation sites excluding steroid dienone is 4. The van der Waals surface area contributed by atoms with Gasteiger partial charge in [-0.2, -0.15) is 0 Å². The van der Waals surface area contributed by atoms with Crippen LogP contribution in [0.4, 0.5) is 0 Å². The summed E-state index contributed by atoms with van der Waals surface area (Å²) in [7, 11) is -0.435. The Kier molecular flexibility index (Phi) is 4.69. The van der Waals surface area contributed by atoms with E-state index in [1.54, 1.807) is 10.6 Å². The van der Waals surface area contributed by atoms with Crippen LogP contribution >= 0.6 is 15.8 Å². The maximum absolute atomic E-state index is 2.36. The van der Waals surface area contributed by atoms with Gasteiger partial charge in [0.05, 0.1) is 0 Å². The molecular formula is C19H20P2. The molecule has 0 spiro atoms. The molecule has 0 bridgehead atoms. The van der Waals surface area contributed by atoms with Crippen LogP contribution in [0.3, 0.4) is 0 Å². The molecule has 2 aromatic rings. The molecule has 3 rings (SSSR count). The zero-order valence-corrected chi connectivity index (χ0v) is 14.3. The molecule has 0 fully saturated rings. The third-order valence-corrected chi connectivity index (χ3v) is 7.81. The Morgan fingerprint density at radius 3 is 1.76 bits per heavy atom. The van der Waals surface area contributed by atoms with Gasteiger partial charge < -0.3 is 0 Å². The van der Waals surface area contributed by atoms with Gasteiger partial charge in [-0.25, -0.2) is 0 Å². The van der Waals surface area contributed by atoms with Crippen molar-refractivity contribution in [2.24, 2.45) is 0 Å². The lowest BCUT2D eigenvalue weighted by molar-refractivity contribution is 1.40. The summed E-state index contributed by atoms with van der Waals surface area (Å²) in [5.41, 5.74) is 0. The highest BCUT2D eigenvalue weighted by Crippen LogP contribution is 2.55. The summed E-state index contributed by atoms with van der Waals surface area (Å²) in [5.74, 6) is 0. The number of benzene rings is 2. The highest BCUT2D eigenvalue weighted by Gasteiger charge is 2.23. The highest BCUT2D eigenvalue weighted by atomic mass is 31.1. The minimum atomic E-state index is -0.390. The minimum absolute atomic E-state index is 0.0451. The van der Waals surface area contributed by atoms with Crippen molar-refractivity contribution in [3.05, 3.63) is 83.4 Å². The molecule has 0 N–H and O–H groups in total. The minimum Gasteiger partial charge on any atom is -0.0813 e. The zero-order chi connectivity index (χ0) is 14.7. The van der Waals surface area contributed by atoms with Crippen LogP contribution in [0.2, 0.25) is 0 Å². The summed E-state index contributed by atoms with van der Waals surface area (Å²) in [6.07, 6.45) is 5.82. The van der Waals surface area contributed by atoms with Crippen LogP contribution < -0.4 is 10.6 Å². The van der Waals surface area contributed by atoms with E-state index in [0.717, 1.165) is 6.42 Å². The van der Waals surface area contributed by atoms with Crippen LogP contribution in [0, 0.1) is 0 Å². The Bertz CT molecular complexity index is 615. The molecular weight excluding hydrogens is 290 g/mol. The van der Waals surface area contributed by atoms with Gasteiger partial charge in [0.1, 0.15) is 0 Å². The first-order valence-corrected chi connectivity index (χ1v) is 10.8. The first kappa shape index (κ1) is 14.7. The second-order valence-corrected chi connectivity index (χ2v) is 9.85. The summed E-state index contributed by atoms with van der Waals surface area (Å²) >= 11 is 0. The smallest absolute Gasteiger partial charge is 0.00770 e. The molecule has 0 atom stereocenters. The van der Waals surface area contributed by atoms with E-state index in [-0.39, 0.29) is 7.92 Å². The predicted octanol–water partition coefficient (Wildman–Crippen LogP) is 5.03. The van der Waals surface area contributed by atoms with Crippen molar-refractivity contribution in [3.63, 3.8) is 0 Å². The van der Waals surface area contributed by atoms with Crippen molar-refractivity contribution in [2.75, 3.05) is 13.3 Å². The molecule has 0 saturated heterocycles. The van der Waals surface area contributed by atoms with Crippen LogP contribution in [0.25, 0.3) is 0 Å². The monoisotopic (exact) mass is 310 g/mol. The average molecular weight is 310 g/mol. The Labute approximate surface area is 130 Å². The molecule has 0 saturated carbocycles. The van der Waals surface area contributed by atoms with E-state index in [0.29, 0.717) is 0 Å². The van der Waals surface area contributed by atoms with Crippen LogP contribution in [0.5, 0.6) is 0 Å².